The molecule has 2 unspecified atom stereocenters. The molecule has 0 spiro atoms. The van der Waals surface area contributed by atoms with Crippen molar-refractivity contribution in [3.05, 3.63) is 191 Å². The zero-order valence-corrected chi connectivity index (χ0v) is 58.1. The summed E-state index contributed by atoms with van der Waals surface area (Å²) < 4.78 is 98.6. The van der Waals surface area contributed by atoms with Gasteiger partial charge in [0, 0.05) is 120 Å². The lowest BCUT2D eigenvalue weighted by Crippen LogP contribution is -2.58. The fourth-order valence-electron chi connectivity index (χ4n) is 14.1. The molecule has 4 aliphatic rings. The standard InChI is InChI=1S/C80H74F4N6O14/c1-43(2)37-59(77(95)87-29-25-85(26-30-87)33-35-99-79(97)45(5)6)89-73(91)55-39-61(101-51-17-9-47(81)10-18-51)67-69-63(103-53-21-13-49(83)14-22-53)41-57-66-58(76(94)90(75(57)93)60(38-44(3)4)78(96)88-31-27-86(28-32-88)34-36-100-80(98)46(7)8)42-64(104-54-23-15-50(84)16-24-54)70(72(66)69)68-62(102-52-19-11-48(82)12-20-52)40-56(74(89)92)65(55)71(67)68/h9-24,39-44,59-60H,5,7,25-38H2,1-4,6,8H3. The van der Waals surface area contributed by atoms with E-state index in [4.69, 9.17) is 28.4 Å². The fourth-order valence-corrected chi connectivity index (χ4v) is 14.1. The molecule has 536 valence electrons. The molecule has 6 amide bonds. The molecule has 9 aromatic rings. The summed E-state index contributed by atoms with van der Waals surface area (Å²) in [7, 11) is 0. The number of fused-ring (bicyclic) bond motifs is 2. The van der Waals surface area contributed by atoms with Gasteiger partial charge in [0.2, 0.25) is 11.8 Å². The fraction of sp³-hybridized carbons (Fsp3) is 0.300. The predicted octanol–water partition coefficient (Wildman–Crippen LogP) is 14.0. The molecule has 0 radical (unpaired) electrons. The third kappa shape index (κ3) is 14.0. The van der Waals surface area contributed by atoms with Crippen molar-refractivity contribution in [1.29, 1.82) is 0 Å². The number of hydrogen-bond donors (Lipinski definition) is 0. The van der Waals surface area contributed by atoms with Crippen molar-refractivity contribution in [2.75, 3.05) is 78.7 Å². The van der Waals surface area contributed by atoms with Crippen LogP contribution in [0, 0.1) is 35.1 Å². The SMILES string of the molecule is C=C(C)C(=O)OCCN1CCN(C(=O)C(CC(C)C)N2C(=O)c3cc(Oc4ccc(F)cc4)c4c5c(Oc6ccc(F)cc6)cc6c7c(cc(Oc8ccc(F)cc8)c(c8c(Oc9ccc(F)cc9)cc(c3c48)C2=O)c75)C(=O)N(C(CC(C)C)C(=O)N2CCN(CCOC(=O)C(=C)C)CC2)C6=O)CC1. The molecule has 2 atom stereocenters. The van der Waals surface area contributed by atoms with Crippen LogP contribution in [0.3, 0.4) is 0 Å². The Balaban J connectivity index is 1.06. The topological polar surface area (TPSA) is 211 Å². The smallest absolute Gasteiger partial charge is 0.333 e. The Labute approximate surface area is 595 Å². The van der Waals surface area contributed by atoms with E-state index in [1.165, 1.54) is 72.8 Å². The highest BCUT2D eigenvalue weighted by molar-refractivity contribution is 6.45. The van der Waals surface area contributed by atoms with Gasteiger partial charge in [-0.1, -0.05) is 40.9 Å². The van der Waals surface area contributed by atoms with Gasteiger partial charge in [-0.2, -0.15) is 0 Å². The van der Waals surface area contributed by atoms with Gasteiger partial charge in [0.25, 0.3) is 23.6 Å². The van der Waals surface area contributed by atoms with Crippen molar-refractivity contribution in [1.82, 2.24) is 29.4 Å². The number of amides is 6. The number of carbonyl (C=O) groups is 8. The highest BCUT2D eigenvalue weighted by Crippen LogP contribution is 2.58. The first kappa shape index (κ1) is 71.2. The van der Waals surface area contributed by atoms with E-state index in [9.17, 15) is 9.59 Å². The summed E-state index contributed by atoms with van der Waals surface area (Å²) in [5, 5.41) is 0.224. The number of hydrogen-bond acceptors (Lipinski definition) is 16. The molecular formula is C80H74F4N6O14. The monoisotopic (exact) mass is 1420 g/mol. The number of nitrogens with zero attached hydrogens (tertiary/aromatic N) is 6. The van der Waals surface area contributed by atoms with Crippen molar-refractivity contribution in [2.45, 2.75) is 66.5 Å². The van der Waals surface area contributed by atoms with E-state index in [1.807, 2.05) is 37.5 Å². The quantitative estimate of drug-likeness (QED) is 0.0137. The van der Waals surface area contributed by atoms with Crippen LogP contribution in [-0.2, 0) is 28.7 Å². The molecule has 2 fully saturated rings. The van der Waals surface area contributed by atoms with Gasteiger partial charge in [-0.25, -0.2) is 27.2 Å². The molecule has 4 heterocycles. The predicted molar refractivity (Wildman–Crippen MR) is 379 cm³/mol. The molecule has 20 nitrogen and oxygen atoms in total. The number of imide groups is 2. The number of ether oxygens (including phenoxy) is 6. The Morgan fingerprint density at radius 2 is 0.635 bits per heavy atom. The average molecular weight is 1420 g/mol. The second-order valence-electron chi connectivity index (χ2n) is 27.3. The summed E-state index contributed by atoms with van der Waals surface area (Å²) in [6.07, 6.45) is 0.00819. The van der Waals surface area contributed by atoms with Gasteiger partial charge in [0.15, 0.2) is 0 Å². The van der Waals surface area contributed by atoms with Gasteiger partial charge in [0.05, 0.1) is 22.3 Å². The minimum atomic E-state index is -1.41. The first-order valence-corrected chi connectivity index (χ1v) is 34.3. The van der Waals surface area contributed by atoms with Crippen LogP contribution in [0.25, 0.3) is 43.1 Å². The number of piperazine rings is 2. The Kier molecular flexibility index (Phi) is 20.0. The summed E-state index contributed by atoms with van der Waals surface area (Å²) in [5.74, 6) is -9.43. The maximum Gasteiger partial charge on any atom is 0.333 e. The Hall–Kier alpha value is -11.2. The first-order chi connectivity index (χ1) is 49.8. The summed E-state index contributed by atoms with van der Waals surface area (Å²) in [5.41, 5.74) is -0.151. The van der Waals surface area contributed by atoms with E-state index in [2.05, 4.69) is 13.2 Å². The van der Waals surface area contributed by atoms with Gasteiger partial charge in [-0.3, -0.25) is 48.4 Å². The number of rotatable bonds is 24. The minimum Gasteiger partial charge on any atom is -0.461 e. The Morgan fingerprint density at radius 1 is 0.385 bits per heavy atom. The number of esters is 2. The van der Waals surface area contributed by atoms with Gasteiger partial charge in [-0.05, 0) is 160 Å². The maximum atomic E-state index is 16.3. The molecular weight excluding hydrogens is 1340 g/mol. The van der Waals surface area contributed by atoms with Crippen molar-refractivity contribution >= 4 is 90.5 Å². The van der Waals surface area contributed by atoms with Crippen molar-refractivity contribution < 1.29 is 84.3 Å². The number of carbonyl (C=O) groups excluding carboxylic acids is 8. The molecule has 0 bridgehead atoms. The van der Waals surface area contributed by atoms with Gasteiger partial charge >= 0.3 is 11.9 Å². The molecule has 2 saturated heterocycles. The van der Waals surface area contributed by atoms with Crippen LogP contribution in [0.5, 0.6) is 46.0 Å². The van der Waals surface area contributed by atoms with Crippen LogP contribution < -0.4 is 18.9 Å². The van der Waals surface area contributed by atoms with Crippen LogP contribution in [0.15, 0.2) is 146 Å². The summed E-state index contributed by atoms with van der Waals surface area (Å²) in [4.78, 5) is 129. The van der Waals surface area contributed by atoms with Crippen LogP contribution in [0.4, 0.5) is 17.6 Å². The normalized spacial score (nSPS) is 15.6. The number of halogens is 4. The minimum absolute atomic E-state index is 0.00389. The summed E-state index contributed by atoms with van der Waals surface area (Å²) in [6, 6.07) is 22.6. The molecule has 104 heavy (non-hydrogen) atoms. The average Bonchev–Trinajstić information content (AvgIpc) is 0.671. The van der Waals surface area contributed by atoms with Crippen LogP contribution in [0.2, 0.25) is 0 Å². The van der Waals surface area contributed by atoms with Gasteiger partial charge in [-0.15, -0.1) is 0 Å². The number of benzene rings is 9. The molecule has 9 aromatic carbocycles. The van der Waals surface area contributed by atoms with E-state index in [0.29, 0.717) is 39.3 Å². The Bertz CT molecular complexity index is 4440. The maximum absolute atomic E-state index is 16.3. The lowest BCUT2D eigenvalue weighted by atomic mass is 9.80. The molecule has 13 rings (SSSR count). The van der Waals surface area contributed by atoms with Crippen LogP contribution in [0.1, 0.15) is 95.8 Å². The zero-order valence-electron chi connectivity index (χ0n) is 58.1. The van der Waals surface area contributed by atoms with Gasteiger partial charge in [0.1, 0.15) is 94.6 Å². The van der Waals surface area contributed by atoms with E-state index >= 15 is 46.3 Å². The van der Waals surface area contributed by atoms with E-state index in [1.54, 1.807) is 23.6 Å². The summed E-state index contributed by atoms with van der Waals surface area (Å²) in [6.45, 7) is 20.9. The van der Waals surface area contributed by atoms with Crippen molar-refractivity contribution in [3.8, 4) is 46.0 Å². The lowest BCUT2D eigenvalue weighted by molar-refractivity contribution is -0.141. The highest BCUT2D eigenvalue weighted by Gasteiger charge is 2.48. The first-order valence-electron chi connectivity index (χ1n) is 34.3. The third-order valence-electron chi connectivity index (χ3n) is 19.1. The molecule has 24 heteroatoms. The lowest BCUT2D eigenvalue weighted by Gasteiger charge is -2.40. The third-order valence-corrected chi connectivity index (χ3v) is 19.1. The highest BCUT2D eigenvalue weighted by atomic mass is 19.1. The largest absolute Gasteiger partial charge is 0.461 e. The molecule has 0 saturated carbocycles. The summed E-state index contributed by atoms with van der Waals surface area (Å²) >= 11 is 0. The van der Waals surface area contributed by atoms with Crippen molar-refractivity contribution in [3.63, 3.8) is 0 Å². The molecule has 4 aliphatic heterocycles. The molecule has 0 aliphatic carbocycles. The van der Waals surface area contributed by atoms with E-state index in [-0.39, 0.29) is 187 Å². The zero-order chi connectivity index (χ0) is 73.7. The van der Waals surface area contributed by atoms with Gasteiger partial charge < -0.3 is 38.2 Å². The van der Waals surface area contributed by atoms with Crippen molar-refractivity contribution in [2.24, 2.45) is 11.8 Å². The van der Waals surface area contributed by atoms with Crippen LogP contribution >= 0.6 is 0 Å². The van der Waals surface area contributed by atoms with E-state index < -0.39 is 82.7 Å². The molecule has 0 N–H and O–H groups in total. The van der Waals surface area contributed by atoms with Crippen LogP contribution in [-0.4, -0.2) is 168 Å². The molecule has 0 aromatic heterocycles. The second kappa shape index (κ2) is 29.2. The Morgan fingerprint density at radius 3 is 0.865 bits per heavy atom. The van der Waals surface area contributed by atoms with E-state index in [0.717, 1.165) is 58.3 Å². The second-order valence-corrected chi connectivity index (χ2v) is 27.3.